The normalized spacial score (nSPS) is 13.6. The first kappa shape index (κ1) is 13.1. The van der Waals surface area contributed by atoms with E-state index in [2.05, 4.69) is 10.3 Å². The topological polar surface area (TPSA) is 68.0 Å². The van der Waals surface area contributed by atoms with E-state index in [1.54, 1.807) is 17.5 Å². The second-order valence-electron chi connectivity index (χ2n) is 4.91. The Morgan fingerprint density at radius 2 is 2.25 bits per heavy atom. The standard InChI is InChI=1S/C11H19N3OS/c1-7-13-5-8(16-7)6-14-10(15)9(12)11(2,3)4/h5,9H,6,12H2,1-4H3,(H,14,15)/t9-/m1/s1. The number of nitrogens with two attached hydrogens (primary N) is 1. The van der Waals surface area contributed by atoms with Crippen molar-refractivity contribution >= 4 is 17.2 Å². The molecule has 1 amide bonds. The Bertz CT molecular complexity index is 368. The van der Waals surface area contributed by atoms with E-state index in [-0.39, 0.29) is 11.3 Å². The summed E-state index contributed by atoms with van der Waals surface area (Å²) in [6, 6.07) is -0.485. The molecule has 16 heavy (non-hydrogen) atoms. The monoisotopic (exact) mass is 241 g/mol. The van der Waals surface area contributed by atoms with Crippen molar-refractivity contribution in [3.8, 4) is 0 Å². The molecule has 0 bridgehead atoms. The average Bonchev–Trinajstić information content (AvgIpc) is 2.58. The van der Waals surface area contributed by atoms with Crippen molar-refractivity contribution in [3.63, 3.8) is 0 Å². The first-order valence-corrected chi connectivity index (χ1v) is 6.07. The molecule has 0 aromatic carbocycles. The highest BCUT2D eigenvalue weighted by atomic mass is 32.1. The third-order valence-corrected chi connectivity index (χ3v) is 3.23. The maximum Gasteiger partial charge on any atom is 0.237 e. The molecule has 3 N–H and O–H groups in total. The van der Waals surface area contributed by atoms with Gasteiger partial charge in [-0.05, 0) is 12.3 Å². The van der Waals surface area contributed by atoms with E-state index in [0.29, 0.717) is 6.54 Å². The lowest BCUT2D eigenvalue weighted by Gasteiger charge is -2.25. The lowest BCUT2D eigenvalue weighted by Crippen LogP contribution is -2.48. The van der Waals surface area contributed by atoms with Gasteiger partial charge in [-0.25, -0.2) is 4.98 Å². The van der Waals surface area contributed by atoms with Crippen molar-refractivity contribution in [2.75, 3.05) is 0 Å². The summed E-state index contributed by atoms with van der Waals surface area (Å²) in [6.45, 7) is 8.31. The van der Waals surface area contributed by atoms with Gasteiger partial charge in [0.15, 0.2) is 0 Å². The summed E-state index contributed by atoms with van der Waals surface area (Å²) in [5, 5.41) is 3.83. The summed E-state index contributed by atoms with van der Waals surface area (Å²) in [7, 11) is 0. The van der Waals surface area contributed by atoms with Crippen molar-refractivity contribution in [2.24, 2.45) is 11.1 Å². The van der Waals surface area contributed by atoms with Gasteiger partial charge in [-0.3, -0.25) is 4.79 Å². The summed E-state index contributed by atoms with van der Waals surface area (Å²) >= 11 is 1.58. The van der Waals surface area contributed by atoms with Crippen LogP contribution in [0.15, 0.2) is 6.20 Å². The number of nitrogens with one attached hydrogen (secondary N) is 1. The molecule has 1 aromatic heterocycles. The predicted molar refractivity (Wildman–Crippen MR) is 66.1 cm³/mol. The molecule has 0 aliphatic rings. The number of hydrogen-bond donors (Lipinski definition) is 2. The molecule has 1 rings (SSSR count). The van der Waals surface area contributed by atoms with E-state index < -0.39 is 6.04 Å². The third-order valence-electron chi connectivity index (χ3n) is 2.32. The molecule has 0 saturated heterocycles. The van der Waals surface area contributed by atoms with E-state index in [0.717, 1.165) is 9.88 Å². The molecule has 4 nitrogen and oxygen atoms in total. The minimum absolute atomic E-state index is 0.112. The molecule has 0 radical (unpaired) electrons. The summed E-state index contributed by atoms with van der Waals surface area (Å²) in [5.74, 6) is -0.112. The van der Waals surface area contributed by atoms with Crippen molar-refractivity contribution in [1.29, 1.82) is 0 Å². The minimum atomic E-state index is -0.485. The highest BCUT2D eigenvalue weighted by Gasteiger charge is 2.27. The molecule has 0 fully saturated rings. The first-order valence-electron chi connectivity index (χ1n) is 5.25. The third kappa shape index (κ3) is 3.57. The number of aromatic nitrogens is 1. The van der Waals surface area contributed by atoms with Crippen LogP contribution in [0.2, 0.25) is 0 Å². The Kier molecular flexibility index (Phi) is 4.04. The van der Waals surface area contributed by atoms with Crippen LogP contribution in [0.5, 0.6) is 0 Å². The van der Waals surface area contributed by atoms with Gasteiger partial charge in [0.1, 0.15) is 0 Å². The zero-order chi connectivity index (χ0) is 12.3. The highest BCUT2D eigenvalue weighted by molar-refractivity contribution is 7.11. The average molecular weight is 241 g/mol. The summed E-state index contributed by atoms with van der Waals surface area (Å²) in [6.07, 6.45) is 1.78. The zero-order valence-electron chi connectivity index (χ0n) is 10.2. The van der Waals surface area contributed by atoms with Gasteiger partial charge in [-0.2, -0.15) is 0 Å². The Balaban J connectivity index is 2.47. The first-order chi connectivity index (χ1) is 7.30. The van der Waals surface area contributed by atoms with Gasteiger partial charge in [0.25, 0.3) is 0 Å². The second-order valence-corrected chi connectivity index (χ2v) is 6.23. The fourth-order valence-electron chi connectivity index (χ4n) is 1.16. The molecular formula is C11H19N3OS. The van der Waals surface area contributed by atoms with Crippen LogP contribution in [0.3, 0.4) is 0 Å². The number of carbonyl (C=O) groups is 1. The summed E-state index contributed by atoms with van der Waals surface area (Å²) < 4.78 is 0. The van der Waals surface area contributed by atoms with Crippen LogP contribution in [0, 0.1) is 12.3 Å². The number of rotatable bonds is 3. The second kappa shape index (κ2) is 4.93. The maximum atomic E-state index is 11.7. The molecule has 0 aliphatic heterocycles. The van der Waals surface area contributed by atoms with Gasteiger partial charge >= 0.3 is 0 Å². The van der Waals surface area contributed by atoms with Crippen molar-refractivity contribution < 1.29 is 4.79 Å². The Morgan fingerprint density at radius 1 is 1.62 bits per heavy atom. The molecule has 1 aromatic rings. The molecule has 0 saturated carbocycles. The van der Waals surface area contributed by atoms with Gasteiger partial charge in [0.2, 0.25) is 5.91 Å². The molecule has 0 aliphatic carbocycles. The van der Waals surface area contributed by atoms with Crippen LogP contribution in [0.1, 0.15) is 30.7 Å². The molecule has 0 unspecified atom stereocenters. The van der Waals surface area contributed by atoms with E-state index >= 15 is 0 Å². The predicted octanol–water partition coefficient (Wildman–Crippen LogP) is 1.44. The van der Waals surface area contributed by atoms with E-state index in [1.165, 1.54) is 0 Å². The van der Waals surface area contributed by atoms with Crippen LogP contribution in [0.25, 0.3) is 0 Å². The molecule has 1 atom stereocenters. The van der Waals surface area contributed by atoms with Gasteiger partial charge in [0.05, 0.1) is 17.6 Å². The number of amides is 1. The minimum Gasteiger partial charge on any atom is -0.350 e. The Hall–Kier alpha value is -0.940. The summed E-state index contributed by atoms with van der Waals surface area (Å²) in [5.41, 5.74) is 5.62. The van der Waals surface area contributed by atoms with Crippen LogP contribution < -0.4 is 11.1 Å². The van der Waals surface area contributed by atoms with Gasteiger partial charge in [0, 0.05) is 11.1 Å². The summed E-state index contributed by atoms with van der Waals surface area (Å²) in [4.78, 5) is 16.9. The van der Waals surface area contributed by atoms with Crippen LogP contribution in [0.4, 0.5) is 0 Å². The number of carbonyl (C=O) groups excluding carboxylic acids is 1. The SMILES string of the molecule is Cc1ncc(CNC(=O)[C@@H](N)C(C)(C)C)s1. The van der Waals surface area contributed by atoms with Gasteiger partial charge < -0.3 is 11.1 Å². The maximum absolute atomic E-state index is 11.7. The van der Waals surface area contributed by atoms with Crippen LogP contribution >= 0.6 is 11.3 Å². The fraction of sp³-hybridized carbons (Fsp3) is 0.636. The molecule has 0 spiro atoms. The zero-order valence-corrected chi connectivity index (χ0v) is 11.0. The highest BCUT2D eigenvalue weighted by Crippen LogP contribution is 2.17. The van der Waals surface area contributed by atoms with Crippen molar-refractivity contribution in [1.82, 2.24) is 10.3 Å². The van der Waals surface area contributed by atoms with E-state index in [4.69, 9.17) is 5.73 Å². The quantitative estimate of drug-likeness (QED) is 0.841. The van der Waals surface area contributed by atoms with Crippen LogP contribution in [-0.4, -0.2) is 16.9 Å². The fourth-order valence-corrected chi connectivity index (χ4v) is 1.90. The largest absolute Gasteiger partial charge is 0.350 e. The lowest BCUT2D eigenvalue weighted by atomic mass is 9.87. The number of nitrogens with zero attached hydrogens (tertiary/aromatic N) is 1. The van der Waals surface area contributed by atoms with E-state index in [9.17, 15) is 4.79 Å². The Morgan fingerprint density at radius 3 is 2.69 bits per heavy atom. The molecular weight excluding hydrogens is 222 g/mol. The number of thiazole rings is 1. The molecule has 5 heteroatoms. The Labute approximate surface area is 100 Å². The van der Waals surface area contributed by atoms with Crippen LogP contribution in [-0.2, 0) is 11.3 Å². The number of aryl methyl sites for hydroxylation is 1. The number of hydrogen-bond acceptors (Lipinski definition) is 4. The van der Waals surface area contributed by atoms with E-state index in [1.807, 2.05) is 27.7 Å². The van der Waals surface area contributed by atoms with Gasteiger partial charge in [-0.1, -0.05) is 20.8 Å². The molecule has 1 heterocycles. The lowest BCUT2D eigenvalue weighted by molar-refractivity contribution is -0.124. The smallest absolute Gasteiger partial charge is 0.237 e. The van der Waals surface area contributed by atoms with Gasteiger partial charge in [-0.15, -0.1) is 11.3 Å². The van der Waals surface area contributed by atoms with Crippen molar-refractivity contribution in [3.05, 3.63) is 16.1 Å². The molecule has 90 valence electrons. The van der Waals surface area contributed by atoms with Crippen molar-refractivity contribution in [2.45, 2.75) is 40.3 Å².